The van der Waals surface area contributed by atoms with Crippen LogP contribution in [0.15, 0.2) is 12.1 Å². The topological polar surface area (TPSA) is 66.8 Å². The normalized spacial score (nSPS) is 14.1. The first-order valence-electron chi connectivity index (χ1n) is 5.06. The maximum absolute atomic E-state index is 13.5. The summed E-state index contributed by atoms with van der Waals surface area (Å²) in [6.07, 6.45) is -4.19. The molecular weight excluding hydrogens is 270 g/mol. The molecule has 4 nitrogen and oxygen atoms in total. The Morgan fingerprint density at radius 1 is 1.44 bits per heavy atom. The maximum Gasteiger partial charge on any atom is 0.338 e. The number of hydrogen-bond donors (Lipinski definition) is 2. The smallest absolute Gasteiger partial charge is 0.338 e. The van der Waals surface area contributed by atoms with E-state index in [-0.39, 0.29) is 6.61 Å². The van der Waals surface area contributed by atoms with Gasteiger partial charge in [0.15, 0.2) is 11.9 Å². The van der Waals surface area contributed by atoms with Crippen molar-refractivity contribution in [2.24, 2.45) is 0 Å². The van der Waals surface area contributed by atoms with Crippen LogP contribution in [0.5, 0.6) is 0 Å². The third-order valence-electron chi connectivity index (χ3n) is 2.20. The Bertz CT molecular complexity index is 453. The summed E-state index contributed by atoms with van der Waals surface area (Å²) >= 11 is 5.42. The Hall–Kier alpha value is -1.24. The van der Waals surface area contributed by atoms with Gasteiger partial charge in [0.05, 0.1) is 17.2 Å². The summed E-state index contributed by atoms with van der Waals surface area (Å²) in [6.45, 7) is 1.45. The van der Waals surface area contributed by atoms with Crippen molar-refractivity contribution in [3.63, 3.8) is 0 Å². The molecule has 0 aliphatic carbocycles. The minimum atomic E-state index is -2.09. The molecule has 0 heterocycles. The lowest BCUT2D eigenvalue weighted by atomic mass is 10.0. The van der Waals surface area contributed by atoms with Crippen LogP contribution in [0.2, 0.25) is 5.02 Å². The Balaban J connectivity index is 3.07. The summed E-state index contributed by atoms with van der Waals surface area (Å²) in [4.78, 5) is 11.2. The van der Waals surface area contributed by atoms with Crippen LogP contribution < -0.4 is 0 Å². The van der Waals surface area contributed by atoms with Gasteiger partial charge in [0.2, 0.25) is 0 Å². The largest absolute Gasteiger partial charge is 0.464 e. The van der Waals surface area contributed by atoms with Gasteiger partial charge in [-0.15, -0.1) is 0 Å². The zero-order valence-corrected chi connectivity index (χ0v) is 10.1. The highest BCUT2D eigenvalue weighted by Gasteiger charge is 2.32. The SMILES string of the molecule is CCOC(=O)C(O)C(O)c1c(F)ccc(Cl)c1F. The molecule has 0 radical (unpaired) electrons. The number of halogens is 3. The molecule has 0 aromatic heterocycles. The molecule has 1 rings (SSSR count). The maximum atomic E-state index is 13.5. The van der Waals surface area contributed by atoms with Crippen LogP contribution in [0.1, 0.15) is 18.6 Å². The number of aliphatic hydroxyl groups excluding tert-OH is 2. The van der Waals surface area contributed by atoms with Crippen molar-refractivity contribution in [3.8, 4) is 0 Å². The molecule has 2 unspecified atom stereocenters. The summed E-state index contributed by atoms with van der Waals surface area (Å²) in [5, 5.41) is 18.6. The molecule has 0 spiro atoms. The molecule has 1 aromatic rings. The first-order chi connectivity index (χ1) is 8.40. The number of carbonyl (C=O) groups excluding carboxylic acids is 1. The number of aliphatic hydroxyl groups is 2. The molecule has 0 fully saturated rings. The average molecular weight is 281 g/mol. The van der Waals surface area contributed by atoms with Gasteiger partial charge in [0.1, 0.15) is 11.9 Å². The lowest BCUT2D eigenvalue weighted by Crippen LogP contribution is -2.31. The monoisotopic (exact) mass is 280 g/mol. The van der Waals surface area contributed by atoms with Crippen LogP contribution in [-0.2, 0) is 9.53 Å². The number of esters is 1. The average Bonchev–Trinajstić information content (AvgIpc) is 2.33. The summed E-state index contributed by atoms with van der Waals surface area (Å²) in [5.41, 5.74) is -0.872. The molecule has 0 amide bonds. The van der Waals surface area contributed by atoms with E-state index in [4.69, 9.17) is 11.6 Å². The Labute approximate surface area is 107 Å². The second kappa shape index (κ2) is 6.08. The summed E-state index contributed by atoms with van der Waals surface area (Å²) in [5.74, 6) is -3.52. The van der Waals surface area contributed by atoms with Crippen molar-refractivity contribution in [1.29, 1.82) is 0 Å². The molecule has 0 aliphatic rings. The fourth-order valence-electron chi connectivity index (χ4n) is 1.33. The van der Waals surface area contributed by atoms with E-state index >= 15 is 0 Å². The fraction of sp³-hybridized carbons (Fsp3) is 0.364. The van der Waals surface area contributed by atoms with Crippen molar-refractivity contribution in [2.45, 2.75) is 19.1 Å². The first-order valence-corrected chi connectivity index (χ1v) is 5.44. The minimum Gasteiger partial charge on any atom is -0.464 e. The highest BCUT2D eigenvalue weighted by molar-refractivity contribution is 6.30. The quantitative estimate of drug-likeness (QED) is 0.649. The van der Waals surface area contributed by atoms with Crippen LogP contribution in [0.4, 0.5) is 8.78 Å². The van der Waals surface area contributed by atoms with E-state index < -0.39 is 40.4 Å². The van der Waals surface area contributed by atoms with Gasteiger partial charge >= 0.3 is 5.97 Å². The molecule has 0 saturated carbocycles. The third kappa shape index (κ3) is 2.95. The van der Waals surface area contributed by atoms with Gasteiger partial charge in [-0.3, -0.25) is 0 Å². The van der Waals surface area contributed by atoms with Gasteiger partial charge in [-0.1, -0.05) is 11.6 Å². The lowest BCUT2D eigenvalue weighted by molar-refractivity contribution is -0.159. The van der Waals surface area contributed by atoms with E-state index in [9.17, 15) is 23.8 Å². The second-order valence-electron chi connectivity index (χ2n) is 3.40. The van der Waals surface area contributed by atoms with Crippen molar-refractivity contribution >= 4 is 17.6 Å². The third-order valence-corrected chi connectivity index (χ3v) is 2.49. The zero-order chi connectivity index (χ0) is 13.9. The van der Waals surface area contributed by atoms with Crippen LogP contribution in [0.25, 0.3) is 0 Å². The van der Waals surface area contributed by atoms with Crippen LogP contribution in [0, 0.1) is 11.6 Å². The second-order valence-corrected chi connectivity index (χ2v) is 3.81. The number of ether oxygens (including phenoxy) is 1. The lowest BCUT2D eigenvalue weighted by Gasteiger charge is -2.18. The minimum absolute atomic E-state index is 0.0386. The molecule has 0 aliphatic heterocycles. The van der Waals surface area contributed by atoms with E-state index in [0.29, 0.717) is 0 Å². The predicted molar refractivity (Wildman–Crippen MR) is 59.0 cm³/mol. The summed E-state index contributed by atoms with van der Waals surface area (Å²) in [7, 11) is 0. The van der Waals surface area contributed by atoms with Crippen molar-refractivity contribution in [3.05, 3.63) is 34.4 Å². The Kier molecular flexibility index (Phi) is 5.01. The Morgan fingerprint density at radius 2 is 2.06 bits per heavy atom. The van der Waals surface area contributed by atoms with Gasteiger partial charge in [0.25, 0.3) is 0 Å². The predicted octanol–water partition coefficient (Wildman–Crippen LogP) is 1.58. The summed E-state index contributed by atoms with van der Waals surface area (Å²) in [6, 6.07) is 1.78. The number of hydrogen-bond acceptors (Lipinski definition) is 4. The van der Waals surface area contributed by atoms with E-state index in [1.54, 1.807) is 0 Å². The number of benzene rings is 1. The van der Waals surface area contributed by atoms with Gasteiger partial charge in [-0.2, -0.15) is 0 Å². The fourth-order valence-corrected chi connectivity index (χ4v) is 1.49. The van der Waals surface area contributed by atoms with Gasteiger partial charge in [0, 0.05) is 0 Å². The number of carbonyl (C=O) groups is 1. The molecule has 0 bridgehead atoms. The molecule has 0 saturated heterocycles. The number of rotatable bonds is 4. The van der Waals surface area contributed by atoms with Gasteiger partial charge < -0.3 is 14.9 Å². The highest BCUT2D eigenvalue weighted by atomic mass is 35.5. The molecule has 2 N–H and O–H groups in total. The highest BCUT2D eigenvalue weighted by Crippen LogP contribution is 2.28. The molecule has 1 aromatic carbocycles. The van der Waals surface area contributed by atoms with Crippen molar-refractivity contribution in [2.75, 3.05) is 6.61 Å². The van der Waals surface area contributed by atoms with Crippen LogP contribution >= 0.6 is 11.6 Å². The molecule has 18 heavy (non-hydrogen) atoms. The van der Waals surface area contributed by atoms with Crippen LogP contribution in [0.3, 0.4) is 0 Å². The summed E-state index contributed by atoms with van der Waals surface area (Å²) < 4.78 is 31.3. The van der Waals surface area contributed by atoms with Gasteiger partial charge in [-0.25, -0.2) is 13.6 Å². The van der Waals surface area contributed by atoms with Crippen LogP contribution in [-0.4, -0.2) is 28.9 Å². The zero-order valence-electron chi connectivity index (χ0n) is 9.36. The van der Waals surface area contributed by atoms with Crippen molar-refractivity contribution in [1.82, 2.24) is 0 Å². The van der Waals surface area contributed by atoms with E-state index in [1.807, 2.05) is 0 Å². The molecule has 100 valence electrons. The molecule has 7 heteroatoms. The standard InChI is InChI=1S/C11H11ClF2O4/c1-2-18-11(17)10(16)9(15)7-6(13)4-3-5(12)8(7)14/h3-4,9-10,15-16H,2H2,1H3. The van der Waals surface area contributed by atoms with E-state index in [2.05, 4.69) is 4.74 Å². The molecular formula is C11H11ClF2O4. The first kappa shape index (κ1) is 14.8. The molecule has 2 atom stereocenters. The van der Waals surface area contributed by atoms with E-state index in [1.165, 1.54) is 6.92 Å². The van der Waals surface area contributed by atoms with Crippen molar-refractivity contribution < 1.29 is 28.5 Å². The van der Waals surface area contributed by atoms with E-state index in [0.717, 1.165) is 12.1 Å². The Morgan fingerprint density at radius 3 is 2.61 bits per heavy atom. The van der Waals surface area contributed by atoms with Gasteiger partial charge in [-0.05, 0) is 19.1 Å².